The normalized spacial score (nSPS) is 11.9. The minimum Gasteiger partial charge on any atom is -0.497 e. The van der Waals surface area contributed by atoms with Gasteiger partial charge in [-0.15, -0.1) is 0 Å². The number of hydrogen-bond donors (Lipinski definition) is 1. The van der Waals surface area contributed by atoms with Crippen LogP contribution >= 0.6 is 11.6 Å². The van der Waals surface area contributed by atoms with Gasteiger partial charge in [0.2, 0.25) is 21.8 Å². The van der Waals surface area contributed by atoms with E-state index in [1.54, 1.807) is 42.3 Å². The number of hydrogen-bond acceptors (Lipinski definition) is 5. The van der Waals surface area contributed by atoms with E-state index in [1.807, 2.05) is 55.5 Å². The maximum atomic E-state index is 13.9. The lowest BCUT2D eigenvalue weighted by Gasteiger charge is -2.32. The van der Waals surface area contributed by atoms with E-state index in [4.69, 9.17) is 16.3 Å². The summed E-state index contributed by atoms with van der Waals surface area (Å²) in [6.45, 7) is 2.81. The van der Waals surface area contributed by atoms with Gasteiger partial charge in [0.25, 0.3) is 0 Å². The van der Waals surface area contributed by atoms with Crippen LogP contribution in [0.15, 0.2) is 78.9 Å². The highest BCUT2D eigenvalue weighted by Gasteiger charge is 2.31. The summed E-state index contributed by atoms with van der Waals surface area (Å²) in [5.41, 5.74) is 2.13. The van der Waals surface area contributed by atoms with Crippen LogP contribution in [0.5, 0.6) is 5.75 Å². The van der Waals surface area contributed by atoms with Crippen LogP contribution in [0.2, 0.25) is 5.02 Å². The fourth-order valence-corrected chi connectivity index (χ4v) is 5.78. The summed E-state index contributed by atoms with van der Waals surface area (Å²) in [5, 5.41) is 3.50. The van der Waals surface area contributed by atoms with Crippen molar-refractivity contribution >= 4 is 39.1 Å². The van der Waals surface area contributed by atoms with Crippen molar-refractivity contribution in [2.24, 2.45) is 0 Å². The number of anilines is 1. The van der Waals surface area contributed by atoms with Gasteiger partial charge in [0, 0.05) is 37.5 Å². The first-order valence-electron chi connectivity index (χ1n) is 14.1. The number of carbonyl (C=O) groups excluding carboxylic acids is 2. The Labute approximate surface area is 254 Å². The van der Waals surface area contributed by atoms with Crippen LogP contribution in [-0.2, 0) is 32.6 Å². The molecule has 1 atom stereocenters. The zero-order valence-corrected chi connectivity index (χ0v) is 26.0. The van der Waals surface area contributed by atoms with Crippen molar-refractivity contribution < 1.29 is 22.7 Å². The molecule has 0 aliphatic carbocycles. The molecule has 1 N–H and O–H groups in total. The Morgan fingerprint density at radius 1 is 0.952 bits per heavy atom. The summed E-state index contributed by atoms with van der Waals surface area (Å²) < 4.78 is 31.7. The number of unbranched alkanes of at least 4 members (excludes halogenated alkanes) is 1. The Morgan fingerprint density at radius 3 is 2.24 bits per heavy atom. The second-order valence-electron chi connectivity index (χ2n) is 10.1. The number of amides is 2. The standard InChI is InChI=1S/C32H40ClN3O5S/c1-4-5-21-34-32(38)30(23-25-12-7-6-8-13-25)35(24-26-14-9-10-15-29(26)33)31(37)16-11-22-36(42(3,39)40)27-17-19-28(41-2)20-18-27/h6-10,12-15,17-20,30H,4-5,11,16,21-24H2,1-3H3,(H,34,38)/t30-/m0/s1. The molecular formula is C32H40ClN3O5S. The zero-order valence-electron chi connectivity index (χ0n) is 24.5. The lowest BCUT2D eigenvalue weighted by atomic mass is 10.0. The molecule has 10 heteroatoms. The predicted molar refractivity (Wildman–Crippen MR) is 168 cm³/mol. The predicted octanol–water partition coefficient (Wildman–Crippen LogP) is 5.45. The van der Waals surface area contributed by atoms with Crippen molar-refractivity contribution in [1.82, 2.24) is 10.2 Å². The maximum Gasteiger partial charge on any atom is 0.243 e. The number of halogens is 1. The summed E-state index contributed by atoms with van der Waals surface area (Å²) in [7, 11) is -2.07. The van der Waals surface area contributed by atoms with Crippen LogP contribution in [0.4, 0.5) is 5.69 Å². The van der Waals surface area contributed by atoms with Gasteiger partial charge >= 0.3 is 0 Å². The van der Waals surface area contributed by atoms with Gasteiger partial charge in [-0.05, 0) is 54.3 Å². The minimum atomic E-state index is -3.61. The first-order chi connectivity index (χ1) is 20.1. The zero-order chi connectivity index (χ0) is 30.5. The number of sulfonamides is 1. The van der Waals surface area contributed by atoms with Gasteiger partial charge in [0.05, 0.1) is 19.1 Å². The monoisotopic (exact) mass is 613 g/mol. The van der Waals surface area contributed by atoms with E-state index >= 15 is 0 Å². The highest BCUT2D eigenvalue weighted by Crippen LogP contribution is 2.24. The molecule has 0 radical (unpaired) electrons. The summed E-state index contributed by atoms with van der Waals surface area (Å²) >= 11 is 6.48. The molecule has 0 heterocycles. The second-order valence-corrected chi connectivity index (χ2v) is 12.4. The van der Waals surface area contributed by atoms with E-state index in [1.165, 1.54) is 4.31 Å². The summed E-state index contributed by atoms with van der Waals surface area (Å²) in [6.07, 6.45) is 3.52. The Bertz CT molecular complexity index is 1400. The van der Waals surface area contributed by atoms with E-state index in [2.05, 4.69) is 5.32 Å². The molecular weight excluding hydrogens is 574 g/mol. The first-order valence-corrected chi connectivity index (χ1v) is 16.3. The van der Waals surface area contributed by atoms with Crippen LogP contribution in [0.1, 0.15) is 43.7 Å². The number of nitrogens with one attached hydrogen (secondary N) is 1. The lowest BCUT2D eigenvalue weighted by molar-refractivity contribution is -0.141. The van der Waals surface area contributed by atoms with Gasteiger partial charge in [-0.2, -0.15) is 0 Å². The second kappa shape index (κ2) is 16.2. The van der Waals surface area contributed by atoms with Gasteiger partial charge in [-0.1, -0.05) is 73.5 Å². The largest absolute Gasteiger partial charge is 0.497 e. The van der Waals surface area contributed by atoms with Crippen LogP contribution < -0.4 is 14.4 Å². The average molecular weight is 614 g/mol. The molecule has 3 aromatic rings. The maximum absolute atomic E-state index is 13.9. The van der Waals surface area contributed by atoms with Gasteiger partial charge in [-0.3, -0.25) is 13.9 Å². The van der Waals surface area contributed by atoms with Gasteiger partial charge in [0.15, 0.2) is 0 Å². The van der Waals surface area contributed by atoms with Crippen molar-refractivity contribution in [3.63, 3.8) is 0 Å². The van der Waals surface area contributed by atoms with Crippen molar-refractivity contribution in [3.8, 4) is 5.75 Å². The third-order valence-corrected chi connectivity index (χ3v) is 8.47. The van der Waals surface area contributed by atoms with Crippen LogP contribution in [-0.4, -0.2) is 57.6 Å². The van der Waals surface area contributed by atoms with Crippen molar-refractivity contribution in [1.29, 1.82) is 0 Å². The molecule has 0 unspecified atom stereocenters. The minimum absolute atomic E-state index is 0.0418. The molecule has 0 spiro atoms. The van der Waals surface area contributed by atoms with Crippen molar-refractivity contribution in [2.45, 2.75) is 51.6 Å². The lowest BCUT2D eigenvalue weighted by Crippen LogP contribution is -2.50. The topological polar surface area (TPSA) is 96.0 Å². The fraction of sp³-hybridized carbons (Fsp3) is 0.375. The molecule has 0 fully saturated rings. The quantitative estimate of drug-likeness (QED) is 0.217. The molecule has 0 bridgehead atoms. The Balaban J connectivity index is 1.87. The van der Waals surface area contributed by atoms with E-state index < -0.39 is 16.1 Å². The molecule has 3 rings (SSSR count). The van der Waals surface area contributed by atoms with Gasteiger partial charge in [-0.25, -0.2) is 8.42 Å². The van der Waals surface area contributed by atoms with E-state index in [-0.39, 0.29) is 37.7 Å². The number of methoxy groups -OCH3 is 1. The SMILES string of the molecule is CCCCNC(=O)[C@H](Cc1ccccc1)N(Cc1ccccc1Cl)C(=O)CCCN(c1ccc(OC)cc1)S(C)(=O)=O. The third-order valence-electron chi connectivity index (χ3n) is 6.91. The van der Waals surface area contributed by atoms with Crippen molar-refractivity contribution in [2.75, 3.05) is 30.8 Å². The summed E-state index contributed by atoms with van der Waals surface area (Å²) in [6, 6.07) is 22.8. The number of nitrogens with zero attached hydrogens (tertiary/aromatic N) is 2. The van der Waals surface area contributed by atoms with Gasteiger partial charge in [0.1, 0.15) is 11.8 Å². The highest BCUT2D eigenvalue weighted by atomic mass is 35.5. The van der Waals surface area contributed by atoms with Crippen LogP contribution in [0.25, 0.3) is 0 Å². The van der Waals surface area contributed by atoms with E-state index in [0.29, 0.717) is 29.4 Å². The van der Waals surface area contributed by atoms with Crippen molar-refractivity contribution in [3.05, 3.63) is 95.0 Å². The smallest absolute Gasteiger partial charge is 0.243 e. The molecule has 8 nitrogen and oxygen atoms in total. The number of carbonyl (C=O) groups is 2. The Hall–Kier alpha value is -3.56. The average Bonchev–Trinajstić information content (AvgIpc) is 2.98. The van der Waals surface area contributed by atoms with Crippen LogP contribution in [0, 0.1) is 0 Å². The first kappa shape index (κ1) is 32.9. The number of rotatable bonds is 16. The molecule has 2 amide bonds. The number of benzene rings is 3. The Morgan fingerprint density at radius 2 is 1.62 bits per heavy atom. The summed E-state index contributed by atoms with van der Waals surface area (Å²) in [4.78, 5) is 29.0. The molecule has 0 aliphatic heterocycles. The van der Waals surface area contributed by atoms with E-state index in [0.717, 1.165) is 30.2 Å². The van der Waals surface area contributed by atoms with Crippen LogP contribution in [0.3, 0.4) is 0 Å². The molecule has 3 aromatic carbocycles. The molecule has 0 saturated carbocycles. The molecule has 42 heavy (non-hydrogen) atoms. The third kappa shape index (κ3) is 9.77. The molecule has 226 valence electrons. The fourth-order valence-electron chi connectivity index (χ4n) is 4.62. The van der Waals surface area contributed by atoms with Gasteiger partial charge < -0.3 is 15.0 Å². The summed E-state index contributed by atoms with van der Waals surface area (Å²) in [5.74, 6) is 0.118. The highest BCUT2D eigenvalue weighted by molar-refractivity contribution is 7.92. The number of ether oxygens (including phenoxy) is 1. The Kier molecular flexibility index (Phi) is 12.7. The molecule has 0 aromatic heterocycles. The molecule has 0 aliphatic rings. The van der Waals surface area contributed by atoms with E-state index in [9.17, 15) is 18.0 Å². The molecule has 0 saturated heterocycles.